The Balaban J connectivity index is 2.09. The molecule has 0 N–H and O–H groups in total. The summed E-state index contributed by atoms with van der Waals surface area (Å²) in [6.45, 7) is 0. The topological polar surface area (TPSA) is 17.1 Å². The molecule has 2 heteroatoms. The summed E-state index contributed by atoms with van der Waals surface area (Å²) >= 11 is 3.50. The quantitative estimate of drug-likeness (QED) is 0.656. The van der Waals surface area contributed by atoms with E-state index in [1.807, 2.05) is 6.07 Å². The highest BCUT2D eigenvalue weighted by Crippen LogP contribution is 2.38. The van der Waals surface area contributed by atoms with E-state index in [4.69, 9.17) is 0 Å². The van der Waals surface area contributed by atoms with Gasteiger partial charge in [0.1, 0.15) is 6.29 Å². The molecule has 1 nitrogen and oxygen atoms in total. The molecule has 17 heavy (non-hydrogen) atoms. The van der Waals surface area contributed by atoms with E-state index < -0.39 is 0 Å². The van der Waals surface area contributed by atoms with Crippen LogP contribution in [-0.2, 0) is 17.6 Å². The van der Waals surface area contributed by atoms with E-state index in [0.717, 1.165) is 22.7 Å². The number of halogens is 1. The normalized spacial score (nSPS) is 12.1. The van der Waals surface area contributed by atoms with Gasteiger partial charge in [-0.15, -0.1) is 0 Å². The highest BCUT2D eigenvalue weighted by Gasteiger charge is 2.18. The minimum absolute atomic E-state index is 0.507. The number of hydrogen-bond acceptors (Lipinski definition) is 1. The van der Waals surface area contributed by atoms with Gasteiger partial charge in [-0.05, 0) is 46.4 Å². The van der Waals surface area contributed by atoms with Crippen molar-refractivity contribution in [1.82, 2.24) is 0 Å². The standard InChI is InChI=1S/C15H11BrO/c16-13-2-4-15-12(9-13)8-11-7-10(5-6-17)1-3-14(11)15/h1-4,6-7,9H,5,8H2. The molecule has 3 rings (SSSR count). The summed E-state index contributed by atoms with van der Waals surface area (Å²) in [5, 5.41) is 0. The van der Waals surface area contributed by atoms with Crippen molar-refractivity contribution in [3.8, 4) is 11.1 Å². The number of aldehydes is 1. The van der Waals surface area contributed by atoms with E-state index in [9.17, 15) is 4.79 Å². The molecule has 1 aliphatic rings. The molecule has 0 bridgehead atoms. The molecule has 0 spiro atoms. The van der Waals surface area contributed by atoms with Gasteiger partial charge in [-0.25, -0.2) is 0 Å². The summed E-state index contributed by atoms with van der Waals surface area (Å²) in [6, 6.07) is 12.7. The van der Waals surface area contributed by atoms with Gasteiger partial charge in [-0.1, -0.05) is 40.2 Å². The maximum Gasteiger partial charge on any atom is 0.124 e. The Kier molecular flexibility index (Phi) is 2.60. The lowest BCUT2D eigenvalue weighted by atomic mass is 10.0. The van der Waals surface area contributed by atoms with Crippen molar-refractivity contribution >= 4 is 22.2 Å². The Hall–Kier alpha value is -1.41. The Morgan fingerprint density at radius 3 is 2.53 bits per heavy atom. The Bertz CT molecular complexity index is 602. The second kappa shape index (κ2) is 4.11. The molecule has 2 aromatic carbocycles. The van der Waals surface area contributed by atoms with Crippen LogP contribution in [0.1, 0.15) is 16.7 Å². The van der Waals surface area contributed by atoms with E-state index in [1.165, 1.54) is 22.3 Å². The molecule has 0 radical (unpaired) electrons. The van der Waals surface area contributed by atoms with Crippen LogP contribution in [0.25, 0.3) is 11.1 Å². The summed E-state index contributed by atoms with van der Waals surface area (Å²) in [6.07, 6.45) is 2.44. The van der Waals surface area contributed by atoms with Gasteiger partial charge in [0.25, 0.3) is 0 Å². The first-order chi connectivity index (χ1) is 8.28. The van der Waals surface area contributed by atoms with Crippen molar-refractivity contribution in [3.63, 3.8) is 0 Å². The van der Waals surface area contributed by atoms with Crippen LogP contribution in [0.2, 0.25) is 0 Å². The first kappa shape index (κ1) is 10.7. The van der Waals surface area contributed by atoms with E-state index in [1.54, 1.807) is 0 Å². The zero-order valence-electron chi connectivity index (χ0n) is 9.24. The molecule has 0 heterocycles. The van der Waals surface area contributed by atoms with Gasteiger partial charge in [-0.3, -0.25) is 0 Å². The largest absolute Gasteiger partial charge is 0.303 e. The summed E-state index contributed by atoms with van der Waals surface area (Å²) in [5.74, 6) is 0. The third-order valence-corrected chi connectivity index (χ3v) is 3.72. The van der Waals surface area contributed by atoms with Gasteiger partial charge in [0, 0.05) is 10.9 Å². The van der Waals surface area contributed by atoms with Crippen LogP contribution < -0.4 is 0 Å². The van der Waals surface area contributed by atoms with Crippen LogP contribution in [0.3, 0.4) is 0 Å². The van der Waals surface area contributed by atoms with Gasteiger partial charge >= 0.3 is 0 Å². The van der Waals surface area contributed by atoms with Crippen molar-refractivity contribution in [1.29, 1.82) is 0 Å². The van der Waals surface area contributed by atoms with Crippen LogP contribution in [0.4, 0.5) is 0 Å². The smallest absolute Gasteiger partial charge is 0.124 e. The minimum Gasteiger partial charge on any atom is -0.303 e. The van der Waals surface area contributed by atoms with Gasteiger partial charge < -0.3 is 4.79 Å². The Labute approximate surface area is 109 Å². The fraction of sp³-hybridized carbons (Fsp3) is 0.133. The molecule has 0 saturated carbocycles. The molecule has 1 aliphatic carbocycles. The number of fused-ring (bicyclic) bond motifs is 3. The van der Waals surface area contributed by atoms with Crippen LogP contribution >= 0.6 is 15.9 Å². The number of rotatable bonds is 2. The van der Waals surface area contributed by atoms with Crippen molar-refractivity contribution in [2.75, 3.05) is 0 Å². The maximum atomic E-state index is 10.5. The molecule has 0 aliphatic heterocycles. The number of carbonyl (C=O) groups excluding carboxylic acids is 1. The third-order valence-electron chi connectivity index (χ3n) is 3.23. The summed E-state index contributed by atoms with van der Waals surface area (Å²) in [4.78, 5) is 10.5. The first-order valence-electron chi connectivity index (χ1n) is 5.62. The molecule has 0 fully saturated rings. The van der Waals surface area contributed by atoms with Crippen molar-refractivity contribution in [2.24, 2.45) is 0 Å². The zero-order chi connectivity index (χ0) is 11.8. The van der Waals surface area contributed by atoms with Crippen molar-refractivity contribution < 1.29 is 4.79 Å². The highest BCUT2D eigenvalue weighted by molar-refractivity contribution is 9.10. The van der Waals surface area contributed by atoms with Gasteiger partial charge in [0.15, 0.2) is 0 Å². The van der Waals surface area contributed by atoms with Gasteiger partial charge in [-0.2, -0.15) is 0 Å². The van der Waals surface area contributed by atoms with Crippen LogP contribution in [0.5, 0.6) is 0 Å². The van der Waals surface area contributed by atoms with Crippen LogP contribution in [0.15, 0.2) is 40.9 Å². The second-order valence-electron chi connectivity index (χ2n) is 4.34. The monoisotopic (exact) mass is 286 g/mol. The molecule has 2 aromatic rings. The predicted molar refractivity (Wildman–Crippen MR) is 72.2 cm³/mol. The number of carbonyl (C=O) groups is 1. The minimum atomic E-state index is 0.507. The average Bonchev–Trinajstić information content (AvgIpc) is 2.65. The van der Waals surface area contributed by atoms with Crippen LogP contribution in [0, 0.1) is 0 Å². The number of benzene rings is 2. The molecule has 0 unspecified atom stereocenters. The lowest BCUT2D eigenvalue weighted by Gasteiger charge is -2.02. The van der Waals surface area contributed by atoms with E-state index in [2.05, 4.69) is 46.3 Å². The van der Waals surface area contributed by atoms with Crippen LogP contribution in [-0.4, -0.2) is 6.29 Å². The lowest BCUT2D eigenvalue weighted by Crippen LogP contribution is -1.88. The third kappa shape index (κ3) is 1.83. The second-order valence-corrected chi connectivity index (χ2v) is 5.26. The fourth-order valence-corrected chi connectivity index (χ4v) is 2.86. The summed E-state index contributed by atoms with van der Waals surface area (Å²) in [7, 11) is 0. The molecule has 0 amide bonds. The summed E-state index contributed by atoms with van der Waals surface area (Å²) < 4.78 is 1.12. The average molecular weight is 287 g/mol. The highest BCUT2D eigenvalue weighted by atomic mass is 79.9. The van der Waals surface area contributed by atoms with Gasteiger partial charge in [0.2, 0.25) is 0 Å². The van der Waals surface area contributed by atoms with E-state index in [0.29, 0.717) is 6.42 Å². The maximum absolute atomic E-state index is 10.5. The Morgan fingerprint density at radius 2 is 1.76 bits per heavy atom. The lowest BCUT2D eigenvalue weighted by molar-refractivity contribution is -0.107. The SMILES string of the molecule is O=CCc1ccc2c(c1)Cc1cc(Br)ccc1-2. The molecular formula is C15H11BrO. The number of hydrogen-bond donors (Lipinski definition) is 0. The van der Waals surface area contributed by atoms with Crippen molar-refractivity contribution in [2.45, 2.75) is 12.8 Å². The zero-order valence-corrected chi connectivity index (χ0v) is 10.8. The molecule has 0 atom stereocenters. The molecular weight excluding hydrogens is 276 g/mol. The van der Waals surface area contributed by atoms with Crippen molar-refractivity contribution in [3.05, 3.63) is 57.6 Å². The fourth-order valence-electron chi connectivity index (χ4n) is 2.46. The van der Waals surface area contributed by atoms with Gasteiger partial charge in [0.05, 0.1) is 0 Å². The molecule has 0 aromatic heterocycles. The predicted octanol–water partition coefficient (Wildman–Crippen LogP) is 3.76. The molecule has 84 valence electrons. The first-order valence-corrected chi connectivity index (χ1v) is 6.41. The molecule has 0 saturated heterocycles. The van der Waals surface area contributed by atoms with E-state index in [-0.39, 0.29) is 0 Å². The Morgan fingerprint density at radius 1 is 1.06 bits per heavy atom. The summed E-state index contributed by atoms with van der Waals surface area (Å²) in [5.41, 5.74) is 6.42. The van der Waals surface area contributed by atoms with E-state index >= 15 is 0 Å².